The second-order valence-corrected chi connectivity index (χ2v) is 3.59. The molecule has 2 heteroatoms. The number of hydrogen-bond acceptors (Lipinski definition) is 2. The van der Waals surface area contributed by atoms with Gasteiger partial charge in [0.25, 0.3) is 0 Å². The molecule has 0 radical (unpaired) electrons. The number of aliphatic hydroxyl groups is 1. The van der Waals surface area contributed by atoms with Gasteiger partial charge in [0.05, 0.1) is 6.10 Å². The van der Waals surface area contributed by atoms with E-state index in [4.69, 9.17) is 4.74 Å². The van der Waals surface area contributed by atoms with Gasteiger partial charge in [-0.3, -0.25) is 0 Å². The third-order valence-electron chi connectivity index (χ3n) is 2.30. The largest absolute Gasteiger partial charge is 0.364 e. The number of hydrogen-bond donors (Lipinski definition) is 1. The normalized spacial score (nSPS) is 22.2. The molecular weight excluding hydrogens is 152 g/mol. The molecule has 2 nitrogen and oxygen atoms in total. The van der Waals surface area contributed by atoms with Gasteiger partial charge < -0.3 is 9.84 Å². The molecule has 0 saturated heterocycles. The maximum atomic E-state index is 9.36. The molecule has 0 aliphatic heterocycles. The second kappa shape index (κ2) is 4.63. The van der Waals surface area contributed by atoms with Crippen molar-refractivity contribution >= 4 is 0 Å². The molecule has 0 amide bonds. The first kappa shape index (κ1) is 9.75. The Labute approximate surface area is 74.2 Å². The molecule has 1 aliphatic rings. The molecule has 0 spiro atoms. The Morgan fingerprint density at radius 2 is 2.00 bits per heavy atom. The fourth-order valence-corrected chi connectivity index (χ4v) is 1.50. The van der Waals surface area contributed by atoms with Crippen molar-refractivity contribution in [1.82, 2.24) is 0 Å². The maximum absolute atomic E-state index is 9.36. The van der Waals surface area contributed by atoms with Crippen LogP contribution in [0.4, 0.5) is 0 Å². The van der Waals surface area contributed by atoms with Crippen LogP contribution in [-0.2, 0) is 4.74 Å². The Hall–Kier alpha value is -0.340. The molecule has 0 aromatic carbocycles. The highest BCUT2D eigenvalue weighted by molar-refractivity contribution is 4.92. The van der Waals surface area contributed by atoms with Crippen LogP contribution in [0.15, 0.2) is 12.2 Å². The summed E-state index contributed by atoms with van der Waals surface area (Å²) in [6.07, 6.45) is 5.44. The summed E-state index contributed by atoms with van der Waals surface area (Å²) in [7, 11) is 0. The number of rotatable bonds is 3. The van der Waals surface area contributed by atoms with E-state index in [1.54, 1.807) is 6.92 Å². The first-order chi connectivity index (χ1) is 5.70. The molecule has 0 aromatic heterocycles. The van der Waals surface area contributed by atoms with Crippen molar-refractivity contribution < 1.29 is 9.84 Å². The van der Waals surface area contributed by atoms with Crippen molar-refractivity contribution in [1.29, 1.82) is 0 Å². The zero-order chi connectivity index (χ0) is 8.97. The van der Waals surface area contributed by atoms with E-state index in [9.17, 15) is 5.11 Å². The first-order valence-electron chi connectivity index (χ1n) is 4.69. The van der Waals surface area contributed by atoms with E-state index < -0.39 is 6.29 Å². The van der Waals surface area contributed by atoms with Crippen LogP contribution in [0, 0.1) is 0 Å². The van der Waals surface area contributed by atoms with Crippen LogP contribution < -0.4 is 0 Å². The lowest BCUT2D eigenvalue weighted by Gasteiger charge is -2.24. The molecule has 70 valence electrons. The monoisotopic (exact) mass is 170 g/mol. The minimum absolute atomic E-state index is 0.255. The average Bonchev–Trinajstić information content (AvgIpc) is 2.06. The van der Waals surface area contributed by atoms with E-state index in [1.807, 2.05) is 0 Å². The first-order valence-corrected chi connectivity index (χ1v) is 4.69. The molecule has 1 saturated carbocycles. The lowest BCUT2D eigenvalue weighted by molar-refractivity contribution is -0.120. The summed E-state index contributed by atoms with van der Waals surface area (Å²) < 4.78 is 5.41. The van der Waals surface area contributed by atoms with Crippen molar-refractivity contribution in [2.45, 2.75) is 51.4 Å². The molecule has 12 heavy (non-hydrogen) atoms. The third-order valence-corrected chi connectivity index (χ3v) is 2.30. The summed E-state index contributed by atoms with van der Waals surface area (Å²) in [5.74, 6) is 0. The van der Waals surface area contributed by atoms with Gasteiger partial charge in [0.2, 0.25) is 0 Å². The van der Waals surface area contributed by atoms with Crippen molar-refractivity contribution in [2.75, 3.05) is 0 Å². The van der Waals surface area contributed by atoms with Gasteiger partial charge in [0, 0.05) is 0 Å². The topological polar surface area (TPSA) is 29.5 Å². The van der Waals surface area contributed by atoms with E-state index in [0.717, 1.165) is 12.8 Å². The Morgan fingerprint density at radius 1 is 1.42 bits per heavy atom. The van der Waals surface area contributed by atoms with Gasteiger partial charge in [0.1, 0.15) is 0 Å². The quantitative estimate of drug-likeness (QED) is 0.520. The van der Waals surface area contributed by atoms with Gasteiger partial charge in [-0.1, -0.05) is 25.8 Å². The van der Waals surface area contributed by atoms with Crippen LogP contribution in [0.5, 0.6) is 0 Å². The zero-order valence-corrected chi connectivity index (χ0v) is 7.75. The van der Waals surface area contributed by atoms with Crippen molar-refractivity contribution in [3.05, 3.63) is 12.2 Å². The lowest BCUT2D eigenvalue weighted by Crippen LogP contribution is -2.24. The van der Waals surface area contributed by atoms with Crippen LogP contribution in [0.25, 0.3) is 0 Å². The summed E-state index contributed by atoms with van der Waals surface area (Å²) in [6, 6.07) is 0. The molecule has 1 atom stereocenters. The number of aliphatic hydroxyl groups excluding tert-OH is 1. The summed E-state index contributed by atoms with van der Waals surface area (Å²) in [5.41, 5.74) is 0.695. The predicted molar refractivity (Wildman–Crippen MR) is 48.8 cm³/mol. The molecule has 1 unspecified atom stereocenters. The lowest BCUT2D eigenvalue weighted by atomic mass is 9.98. The molecule has 0 heterocycles. The fraction of sp³-hybridized carbons (Fsp3) is 0.800. The van der Waals surface area contributed by atoms with Gasteiger partial charge in [0.15, 0.2) is 6.29 Å². The Balaban J connectivity index is 2.24. The van der Waals surface area contributed by atoms with E-state index in [-0.39, 0.29) is 6.10 Å². The van der Waals surface area contributed by atoms with Crippen molar-refractivity contribution in [2.24, 2.45) is 0 Å². The highest BCUT2D eigenvalue weighted by Gasteiger charge is 2.17. The Bertz CT molecular complexity index is 148. The van der Waals surface area contributed by atoms with Gasteiger partial charge in [-0.15, -0.1) is 0 Å². The average molecular weight is 170 g/mol. The summed E-state index contributed by atoms with van der Waals surface area (Å²) in [5, 5.41) is 9.36. The summed E-state index contributed by atoms with van der Waals surface area (Å²) in [4.78, 5) is 0. The van der Waals surface area contributed by atoms with Crippen LogP contribution >= 0.6 is 0 Å². The van der Waals surface area contributed by atoms with Crippen LogP contribution in [0.3, 0.4) is 0 Å². The van der Waals surface area contributed by atoms with Crippen molar-refractivity contribution in [3.8, 4) is 0 Å². The van der Waals surface area contributed by atoms with E-state index in [2.05, 4.69) is 6.58 Å². The number of ether oxygens (including phenoxy) is 1. The molecule has 1 aliphatic carbocycles. The molecule has 1 N–H and O–H groups in total. The fourth-order valence-electron chi connectivity index (χ4n) is 1.50. The molecule has 0 bridgehead atoms. The highest BCUT2D eigenvalue weighted by Crippen LogP contribution is 2.21. The molecule has 1 rings (SSSR count). The Kier molecular flexibility index (Phi) is 3.76. The van der Waals surface area contributed by atoms with Gasteiger partial charge in [-0.05, 0) is 25.3 Å². The smallest absolute Gasteiger partial charge is 0.176 e. The molecular formula is C10H18O2. The van der Waals surface area contributed by atoms with E-state index >= 15 is 0 Å². The highest BCUT2D eigenvalue weighted by atomic mass is 16.6. The third kappa shape index (κ3) is 2.95. The minimum Gasteiger partial charge on any atom is -0.364 e. The second-order valence-electron chi connectivity index (χ2n) is 3.59. The standard InChI is InChI=1S/C10H18O2/c1-8(2)10(11)12-9-6-4-3-5-7-9/h9-11H,1,3-7H2,2H3. The summed E-state index contributed by atoms with van der Waals surface area (Å²) >= 11 is 0. The van der Waals surface area contributed by atoms with Crippen molar-refractivity contribution in [3.63, 3.8) is 0 Å². The zero-order valence-electron chi connectivity index (χ0n) is 7.75. The van der Waals surface area contributed by atoms with Crippen LogP contribution in [0.2, 0.25) is 0 Å². The Morgan fingerprint density at radius 3 is 2.50 bits per heavy atom. The maximum Gasteiger partial charge on any atom is 0.176 e. The van der Waals surface area contributed by atoms with Gasteiger partial charge in [-0.25, -0.2) is 0 Å². The van der Waals surface area contributed by atoms with E-state index in [0.29, 0.717) is 5.57 Å². The van der Waals surface area contributed by atoms with Crippen LogP contribution in [-0.4, -0.2) is 17.5 Å². The summed E-state index contributed by atoms with van der Waals surface area (Å²) in [6.45, 7) is 5.43. The predicted octanol–water partition coefficient (Wildman–Crippen LogP) is 2.23. The molecule has 0 aromatic rings. The minimum atomic E-state index is -0.756. The molecule has 1 fully saturated rings. The van der Waals surface area contributed by atoms with Crippen LogP contribution in [0.1, 0.15) is 39.0 Å². The van der Waals surface area contributed by atoms with Gasteiger partial charge >= 0.3 is 0 Å². The SMILES string of the molecule is C=C(C)C(O)OC1CCCCC1. The van der Waals surface area contributed by atoms with Gasteiger partial charge in [-0.2, -0.15) is 0 Å². The van der Waals surface area contributed by atoms with E-state index in [1.165, 1.54) is 19.3 Å².